The zero-order chi connectivity index (χ0) is 14.0. The fourth-order valence-corrected chi connectivity index (χ4v) is 1.26. The molecule has 0 saturated carbocycles. The van der Waals surface area contributed by atoms with Gasteiger partial charge in [0.05, 0.1) is 5.56 Å². The third-order valence-electron chi connectivity index (χ3n) is 2.06. The molecule has 0 unspecified atom stereocenters. The average Bonchev–Trinajstić information content (AvgIpc) is 2.31. The van der Waals surface area contributed by atoms with Gasteiger partial charge >= 0.3 is 0 Å². The first kappa shape index (κ1) is 14.1. The lowest BCUT2D eigenvalue weighted by molar-refractivity contribution is 0.449. The van der Waals surface area contributed by atoms with Gasteiger partial charge in [0.25, 0.3) is 0 Å². The lowest BCUT2D eigenvalue weighted by Crippen LogP contribution is -2.02. The van der Waals surface area contributed by atoms with E-state index in [0.29, 0.717) is 6.08 Å². The van der Waals surface area contributed by atoms with Crippen LogP contribution in [0.3, 0.4) is 0 Å². The van der Waals surface area contributed by atoms with Crippen molar-refractivity contribution >= 4 is 5.57 Å². The molecule has 0 saturated heterocycles. The van der Waals surface area contributed by atoms with Gasteiger partial charge in [0.15, 0.2) is 34.9 Å². The molecule has 0 nitrogen and oxygen atoms in total. The molecule has 0 fully saturated rings. The number of hydrogen-bond donors (Lipinski definition) is 0. The predicted molar refractivity (Wildman–Crippen MR) is 54.7 cm³/mol. The van der Waals surface area contributed by atoms with Crippen LogP contribution >= 0.6 is 0 Å². The van der Waals surface area contributed by atoms with Crippen molar-refractivity contribution in [1.29, 1.82) is 0 Å². The Balaban J connectivity index is 3.74. The Morgan fingerprint density at radius 1 is 1.00 bits per heavy atom. The molecule has 1 aromatic carbocycles. The Kier molecular flexibility index (Phi) is 4.00. The Morgan fingerprint density at radius 2 is 1.44 bits per heavy atom. The van der Waals surface area contributed by atoms with Gasteiger partial charge in [0, 0.05) is 11.6 Å². The molecule has 0 atom stereocenters. The Hall–Kier alpha value is -1.98. The largest absolute Gasteiger partial charge is 0.204 e. The summed E-state index contributed by atoms with van der Waals surface area (Å²) in [6, 6.07) is -0.0446. The number of rotatable bonds is 3. The van der Waals surface area contributed by atoms with Crippen LogP contribution in [0.4, 0.5) is 26.3 Å². The van der Waals surface area contributed by atoms with Crippen molar-refractivity contribution in [2.45, 2.75) is 0 Å². The summed E-state index contributed by atoms with van der Waals surface area (Å²) in [6.45, 7) is 5.57. The molecule has 0 amide bonds. The van der Waals surface area contributed by atoms with Crippen molar-refractivity contribution in [3.8, 4) is 0 Å². The molecule has 96 valence electrons. The fraction of sp³-hybridized carbons (Fsp3) is 0. The molecular weight excluding hydrogens is 258 g/mol. The van der Waals surface area contributed by atoms with Crippen LogP contribution in [-0.2, 0) is 0 Å². The zero-order valence-electron chi connectivity index (χ0n) is 8.84. The standard InChI is InChI=1S/C12H6F6/c1-3-6(10(16)5(2)13)9-11(17)7(14)4-8(15)12(9)18/h3-4H,1-2H2/b10-6-. The highest BCUT2D eigenvalue weighted by Crippen LogP contribution is 2.31. The highest BCUT2D eigenvalue weighted by molar-refractivity contribution is 5.78. The Bertz CT molecular complexity index is 530. The van der Waals surface area contributed by atoms with E-state index in [0.717, 1.165) is 0 Å². The van der Waals surface area contributed by atoms with Crippen molar-refractivity contribution in [3.05, 3.63) is 65.8 Å². The summed E-state index contributed by atoms with van der Waals surface area (Å²) in [5.41, 5.74) is -2.44. The molecule has 0 radical (unpaired) electrons. The minimum absolute atomic E-state index is 0.0446. The zero-order valence-corrected chi connectivity index (χ0v) is 8.84. The minimum atomic E-state index is -1.85. The second-order valence-corrected chi connectivity index (χ2v) is 3.18. The van der Waals surface area contributed by atoms with Crippen molar-refractivity contribution in [3.63, 3.8) is 0 Å². The summed E-state index contributed by atoms with van der Waals surface area (Å²) in [7, 11) is 0. The molecule has 18 heavy (non-hydrogen) atoms. The molecule has 0 aliphatic rings. The molecule has 0 aliphatic carbocycles. The minimum Gasteiger partial charge on any atom is -0.204 e. The molecule has 0 heterocycles. The van der Waals surface area contributed by atoms with Crippen molar-refractivity contribution in [2.24, 2.45) is 0 Å². The molecule has 6 heteroatoms. The summed E-state index contributed by atoms with van der Waals surface area (Å²) in [4.78, 5) is 0. The second-order valence-electron chi connectivity index (χ2n) is 3.18. The van der Waals surface area contributed by atoms with Gasteiger partial charge in [-0.2, -0.15) is 0 Å². The maximum absolute atomic E-state index is 13.3. The number of benzene rings is 1. The van der Waals surface area contributed by atoms with Crippen LogP contribution in [0.2, 0.25) is 0 Å². The maximum atomic E-state index is 13.3. The summed E-state index contributed by atoms with van der Waals surface area (Å²) < 4.78 is 78.3. The first-order valence-corrected chi connectivity index (χ1v) is 4.51. The summed E-state index contributed by atoms with van der Waals surface area (Å²) in [5.74, 6) is -10.6. The lowest BCUT2D eigenvalue weighted by Gasteiger charge is -2.08. The monoisotopic (exact) mass is 264 g/mol. The van der Waals surface area contributed by atoms with Crippen LogP contribution in [0.25, 0.3) is 5.57 Å². The van der Waals surface area contributed by atoms with Crippen LogP contribution in [0.15, 0.2) is 37.0 Å². The normalized spacial score (nSPS) is 12.1. The van der Waals surface area contributed by atoms with E-state index in [1.165, 1.54) is 0 Å². The quantitative estimate of drug-likeness (QED) is 0.425. The van der Waals surface area contributed by atoms with Gasteiger partial charge < -0.3 is 0 Å². The van der Waals surface area contributed by atoms with Crippen LogP contribution in [0.5, 0.6) is 0 Å². The van der Waals surface area contributed by atoms with Crippen LogP contribution in [0.1, 0.15) is 5.56 Å². The number of halogens is 6. The third kappa shape index (κ3) is 2.32. The van der Waals surface area contributed by atoms with Crippen LogP contribution in [0, 0.1) is 23.3 Å². The van der Waals surface area contributed by atoms with Crippen LogP contribution < -0.4 is 0 Å². The van der Waals surface area contributed by atoms with E-state index in [1.807, 2.05) is 0 Å². The fourth-order valence-electron chi connectivity index (χ4n) is 1.26. The molecule has 0 N–H and O–H groups in total. The number of allylic oxidation sites excluding steroid dienone is 4. The molecule has 0 aromatic heterocycles. The predicted octanol–water partition coefficient (Wildman–Crippen LogP) is 4.59. The van der Waals surface area contributed by atoms with E-state index < -0.39 is 46.1 Å². The highest BCUT2D eigenvalue weighted by Gasteiger charge is 2.24. The summed E-state index contributed by atoms with van der Waals surface area (Å²) in [5, 5.41) is 0. The van der Waals surface area contributed by atoms with Gasteiger partial charge in [-0.3, -0.25) is 0 Å². The molecule has 0 aliphatic heterocycles. The molecule has 0 bridgehead atoms. The van der Waals surface area contributed by atoms with E-state index in [-0.39, 0.29) is 6.07 Å². The van der Waals surface area contributed by atoms with Gasteiger partial charge in [-0.25, -0.2) is 26.3 Å². The van der Waals surface area contributed by atoms with Gasteiger partial charge in [-0.15, -0.1) is 0 Å². The molecule has 1 aromatic rings. The van der Waals surface area contributed by atoms with Crippen molar-refractivity contribution < 1.29 is 26.3 Å². The van der Waals surface area contributed by atoms with E-state index in [4.69, 9.17) is 0 Å². The van der Waals surface area contributed by atoms with E-state index in [2.05, 4.69) is 13.2 Å². The van der Waals surface area contributed by atoms with Gasteiger partial charge in [0.2, 0.25) is 0 Å². The molecule has 1 rings (SSSR count). The second kappa shape index (κ2) is 5.12. The topological polar surface area (TPSA) is 0 Å². The molecule has 0 spiro atoms. The van der Waals surface area contributed by atoms with E-state index in [1.54, 1.807) is 0 Å². The van der Waals surface area contributed by atoms with E-state index >= 15 is 0 Å². The Labute approximate surface area is 98.5 Å². The third-order valence-corrected chi connectivity index (χ3v) is 2.06. The lowest BCUT2D eigenvalue weighted by atomic mass is 10.0. The van der Waals surface area contributed by atoms with Crippen molar-refractivity contribution in [1.82, 2.24) is 0 Å². The average molecular weight is 264 g/mol. The summed E-state index contributed by atoms with van der Waals surface area (Å²) >= 11 is 0. The van der Waals surface area contributed by atoms with Gasteiger partial charge in [-0.05, 0) is 0 Å². The number of hydrogen-bond acceptors (Lipinski definition) is 0. The first-order chi connectivity index (χ1) is 8.31. The van der Waals surface area contributed by atoms with Crippen molar-refractivity contribution in [2.75, 3.05) is 0 Å². The van der Waals surface area contributed by atoms with Crippen LogP contribution in [-0.4, -0.2) is 0 Å². The first-order valence-electron chi connectivity index (χ1n) is 4.51. The van der Waals surface area contributed by atoms with E-state index in [9.17, 15) is 26.3 Å². The smallest absolute Gasteiger partial charge is 0.169 e. The summed E-state index contributed by atoms with van der Waals surface area (Å²) in [6.07, 6.45) is 0.528. The molecular formula is C12H6F6. The highest BCUT2D eigenvalue weighted by atomic mass is 19.2. The maximum Gasteiger partial charge on any atom is 0.169 e. The van der Waals surface area contributed by atoms with Gasteiger partial charge in [-0.1, -0.05) is 19.2 Å². The SMILES string of the molecule is C=C/C(=C(/F)C(=C)F)c1c(F)c(F)cc(F)c1F. The van der Waals surface area contributed by atoms with Gasteiger partial charge in [0.1, 0.15) is 0 Å². The Morgan fingerprint density at radius 3 is 1.78 bits per heavy atom.